The van der Waals surface area contributed by atoms with Crippen LogP contribution in [0.2, 0.25) is 0 Å². The maximum absolute atomic E-state index is 12.0. The maximum Gasteiger partial charge on any atom is 0.350 e. The lowest BCUT2D eigenvalue weighted by atomic mass is 9.83. The van der Waals surface area contributed by atoms with E-state index in [1.54, 1.807) is 0 Å². The van der Waals surface area contributed by atoms with Gasteiger partial charge in [-0.2, -0.15) is 0 Å². The summed E-state index contributed by atoms with van der Waals surface area (Å²) >= 11 is 0. The van der Waals surface area contributed by atoms with Crippen molar-refractivity contribution in [2.45, 2.75) is 73.0 Å². The summed E-state index contributed by atoms with van der Waals surface area (Å²) in [6.45, 7) is 14.3. The number of esters is 2. The highest BCUT2D eigenvalue weighted by atomic mass is 16.6. The van der Waals surface area contributed by atoms with Crippen LogP contribution in [-0.2, 0) is 19.1 Å². The largest absolute Gasteiger partial charge is 0.457 e. The minimum Gasteiger partial charge on any atom is -0.457 e. The van der Waals surface area contributed by atoms with E-state index in [2.05, 4.69) is 20.8 Å². The topological polar surface area (TPSA) is 52.6 Å². The van der Waals surface area contributed by atoms with Crippen LogP contribution in [0.5, 0.6) is 0 Å². The van der Waals surface area contributed by atoms with Crippen LogP contribution in [-0.4, -0.2) is 23.1 Å². The van der Waals surface area contributed by atoms with Gasteiger partial charge in [-0.25, -0.2) is 4.79 Å². The molecule has 4 nitrogen and oxygen atoms in total. The summed E-state index contributed by atoms with van der Waals surface area (Å²) in [7, 11) is 0. The van der Waals surface area contributed by atoms with Crippen LogP contribution in [0.4, 0.5) is 0 Å². The van der Waals surface area contributed by atoms with E-state index < -0.39 is 23.1 Å². The Morgan fingerprint density at radius 3 is 1.67 bits per heavy atom. The van der Waals surface area contributed by atoms with E-state index in [1.165, 1.54) is 20.8 Å². The van der Waals surface area contributed by atoms with Crippen LogP contribution in [0.15, 0.2) is 0 Å². The Kier molecular flexibility index (Phi) is 4.98. The summed E-state index contributed by atoms with van der Waals surface area (Å²) in [4.78, 5) is 22.9. The third-order valence-electron chi connectivity index (χ3n) is 2.22. The lowest BCUT2D eigenvalue weighted by Crippen LogP contribution is -2.43. The number of ether oxygens (including phenoxy) is 2. The Hall–Kier alpha value is -1.06. The monoisotopic (exact) mass is 258 g/mol. The average Bonchev–Trinajstić information content (AvgIpc) is 1.93. The molecule has 0 amide bonds. The quantitative estimate of drug-likeness (QED) is 0.727. The molecule has 0 N–H and O–H groups in total. The van der Waals surface area contributed by atoms with Gasteiger partial charge in [0.25, 0.3) is 0 Å². The van der Waals surface area contributed by atoms with E-state index in [9.17, 15) is 9.59 Å². The van der Waals surface area contributed by atoms with Crippen molar-refractivity contribution in [3.05, 3.63) is 0 Å². The molecule has 0 aliphatic heterocycles. The number of rotatable bonds is 4. The molecule has 0 rings (SSSR count). The van der Waals surface area contributed by atoms with Gasteiger partial charge in [0, 0.05) is 6.92 Å². The first-order valence-corrected chi connectivity index (χ1v) is 6.18. The van der Waals surface area contributed by atoms with Gasteiger partial charge in [-0.05, 0) is 39.5 Å². The van der Waals surface area contributed by atoms with Crippen molar-refractivity contribution >= 4 is 11.9 Å². The zero-order valence-corrected chi connectivity index (χ0v) is 12.8. The van der Waals surface area contributed by atoms with E-state index in [4.69, 9.17) is 9.47 Å². The zero-order chi connectivity index (χ0) is 14.8. The van der Waals surface area contributed by atoms with E-state index in [1.807, 2.05) is 13.8 Å². The molecule has 0 unspecified atom stereocenters. The molecule has 0 aromatic carbocycles. The molecule has 0 radical (unpaired) electrons. The molecule has 0 aliphatic carbocycles. The molecule has 0 aromatic rings. The summed E-state index contributed by atoms with van der Waals surface area (Å²) in [5, 5.41) is 0. The SMILES string of the molecule is CC(=O)OC(C)(C)C(=O)OC(C)(C)CC(C)(C)C. The molecular formula is C14H26O4. The van der Waals surface area contributed by atoms with E-state index in [0.717, 1.165) is 6.42 Å². The van der Waals surface area contributed by atoms with Crippen LogP contribution in [0.3, 0.4) is 0 Å². The van der Waals surface area contributed by atoms with E-state index >= 15 is 0 Å². The van der Waals surface area contributed by atoms with Crippen molar-refractivity contribution in [2.24, 2.45) is 5.41 Å². The molecule has 0 aliphatic rings. The Morgan fingerprint density at radius 1 is 0.889 bits per heavy atom. The predicted octanol–water partition coefficient (Wildman–Crippen LogP) is 3.09. The molecule has 0 atom stereocenters. The van der Waals surface area contributed by atoms with Gasteiger partial charge in [0.1, 0.15) is 5.60 Å². The fourth-order valence-electron chi connectivity index (χ4n) is 2.09. The van der Waals surface area contributed by atoms with Gasteiger partial charge in [-0.15, -0.1) is 0 Å². The smallest absolute Gasteiger partial charge is 0.350 e. The summed E-state index contributed by atoms with van der Waals surface area (Å²) in [5.74, 6) is -1.02. The van der Waals surface area contributed by atoms with Crippen molar-refractivity contribution in [1.82, 2.24) is 0 Å². The second kappa shape index (κ2) is 5.29. The molecule has 0 fully saturated rings. The van der Waals surface area contributed by atoms with Gasteiger partial charge in [-0.1, -0.05) is 20.8 Å². The molecule has 0 aromatic heterocycles. The molecule has 0 spiro atoms. The van der Waals surface area contributed by atoms with Crippen molar-refractivity contribution < 1.29 is 19.1 Å². The van der Waals surface area contributed by atoms with Crippen LogP contribution in [0, 0.1) is 5.41 Å². The Bertz CT molecular complexity index is 321. The maximum atomic E-state index is 12.0. The van der Waals surface area contributed by atoms with Gasteiger partial charge in [0.2, 0.25) is 5.60 Å². The van der Waals surface area contributed by atoms with Crippen molar-refractivity contribution in [3.63, 3.8) is 0 Å². The van der Waals surface area contributed by atoms with Crippen LogP contribution in [0.1, 0.15) is 61.8 Å². The van der Waals surface area contributed by atoms with Gasteiger partial charge >= 0.3 is 11.9 Å². The van der Waals surface area contributed by atoms with Gasteiger partial charge in [0.15, 0.2) is 0 Å². The molecular weight excluding hydrogens is 232 g/mol. The summed E-state index contributed by atoms with van der Waals surface area (Å²) in [6, 6.07) is 0. The number of hydrogen-bond acceptors (Lipinski definition) is 4. The standard InChI is InChI=1S/C14H26O4/c1-10(15)17-14(7,8)11(16)18-13(5,6)9-12(2,3)4/h9H2,1-8H3. The first-order chi connectivity index (χ1) is 7.75. The molecule has 0 saturated heterocycles. The summed E-state index contributed by atoms with van der Waals surface area (Å²) in [5.41, 5.74) is -1.79. The number of carbonyl (C=O) groups excluding carboxylic acids is 2. The van der Waals surface area contributed by atoms with Gasteiger partial charge in [0.05, 0.1) is 0 Å². The highest BCUT2D eigenvalue weighted by molar-refractivity contribution is 5.82. The number of hydrogen-bond donors (Lipinski definition) is 0. The normalized spacial score (nSPS) is 13.1. The summed E-state index contributed by atoms with van der Waals surface area (Å²) in [6.07, 6.45) is 0.724. The fourth-order valence-corrected chi connectivity index (χ4v) is 2.09. The highest BCUT2D eigenvalue weighted by Gasteiger charge is 2.38. The molecule has 18 heavy (non-hydrogen) atoms. The lowest BCUT2D eigenvalue weighted by Gasteiger charge is -2.34. The van der Waals surface area contributed by atoms with Gasteiger partial charge < -0.3 is 9.47 Å². The molecule has 4 heteroatoms. The van der Waals surface area contributed by atoms with Crippen LogP contribution < -0.4 is 0 Å². The third kappa shape index (κ3) is 6.62. The second-order valence-electron chi connectivity index (χ2n) is 6.99. The molecule has 0 saturated carbocycles. The predicted molar refractivity (Wildman–Crippen MR) is 70.1 cm³/mol. The highest BCUT2D eigenvalue weighted by Crippen LogP contribution is 2.30. The summed E-state index contributed by atoms with van der Waals surface area (Å²) < 4.78 is 10.4. The average molecular weight is 258 g/mol. The first kappa shape index (κ1) is 16.9. The fraction of sp³-hybridized carbons (Fsp3) is 0.857. The Morgan fingerprint density at radius 2 is 1.33 bits per heavy atom. The second-order valence-corrected chi connectivity index (χ2v) is 6.99. The van der Waals surface area contributed by atoms with E-state index in [0.29, 0.717) is 0 Å². The van der Waals surface area contributed by atoms with Crippen molar-refractivity contribution in [2.75, 3.05) is 0 Å². The van der Waals surface area contributed by atoms with Crippen molar-refractivity contribution in [1.29, 1.82) is 0 Å². The molecule has 106 valence electrons. The minimum atomic E-state index is -1.25. The lowest BCUT2D eigenvalue weighted by molar-refractivity contribution is -0.188. The Balaban J connectivity index is 4.69. The van der Waals surface area contributed by atoms with E-state index in [-0.39, 0.29) is 5.41 Å². The Labute approximate surface area is 110 Å². The number of carbonyl (C=O) groups is 2. The van der Waals surface area contributed by atoms with Crippen LogP contribution in [0.25, 0.3) is 0 Å². The third-order valence-corrected chi connectivity index (χ3v) is 2.22. The van der Waals surface area contributed by atoms with Gasteiger partial charge in [-0.3, -0.25) is 4.79 Å². The van der Waals surface area contributed by atoms with Crippen molar-refractivity contribution in [3.8, 4) is 0 Å². The molecule has 0 heterocycles. The molecule has 0 bridgehead atoms. The zero-order valence-electron chi connectivity index (χ0n) is 12.8. The minimum absolute atomic E-state index is 0.0509. The van der Waals surface area contributed by atoms with Crippen LogP contribution >= 0.6 is 0 Å². The first-order valence-electron chi connectivity index (χ1n) is 6.18.